The van der Waals surface area contributed by atoms with Crippen LogP contribution in [0.2, 0.25) is 5.02 Å². The summed E-state index contributed by atoms with van der Waals surface area (Å²) >= 11 is 11.4. The Labute approximate surface area is 136 Å². The van der Waals surface area contributed by atoms with Gasteiger partial charge in [0.2, 0.25) is 0 Å². The van der Waals surface area contributed by atoms with Crippen LogP contribution in [0.1, 0.15) is 16.7 Å². The first-order valence-corrected chi connectivity index (χ1v) is 7.58. The van der Waals surface area contributed by atoms with Gasteiger partial charge in [-0.05, 0) is 61.0 Å². The molecule has 0 bridgehead atoms. The number of thiocarbonyl (C=S) groups is 1. The number of rotatable bonds is 3. The molecule has 2 aromatic rings. The highest BCUT2D eigenvalue weighted by molar-refractivity contribution is 7.80. The van der Waals surface area contributed by atoms with Crippen molar-refractivity contribution in [3.05, 3.63) is 64.2 Å². The molecule has 2 nitrogen and oxygen atoms in total. The lowest BCUT2D eigenvalue weighted by atomic mass is 10.1. The van der Waals surface area contributed by atoms with Gasteiger partial charge in [-0.3, -0.25) is 0 Å². The Bertz CT molecular complexity index is 638. The van der Waals surface area contributed by atoms with E-state index in [0.29, 0.717) is 5.11 Å². The molecule has 2 rings (SSSR count). The molecule has 2 aromatic carbocycles. The molecule has 0 saturated heterocycles. The minimum Gasteiger partial charge on any atom is -0.348 e. The summed E-state index contributed by atoms with van der Waals surface area (Å²) in [5.74, 6) is 0. The zero-order valence-electron chi connectivity index (χ0n) is 12.5. The van der Waals surface area contributed by atoms with Crippen LogP contribution in [0.25, 0.3) is 0 Å². The molecule has 21 heavy (non-hydrogen) atoms. The maximum absolute atomic E-state index is 5.90. The number of nitrogens with one attached hydrogen (secondary N) is 1. The third-order valence-corrected chi connectivity index (χ3v) is 3.98. The molecule has 1 N–H and O–H groups in total. The van der Waals surface area contributed by atoms with Crippen LogP contribution in [0.3, 0.4) is 0 Å². The van der Waals surface area contributed by atoms with Crippen LogP contribution in [0.5, 0.6) is 0 Å². The molecule has 110 valence electrons. The van der Waals surface area contributed by atoms with E-state index >= 15 is 0 Å². The monoisotopic (exact) mass is 318 g/mol. The van der Waals surface area contributed by atoms with Crippen molar-refractivity contribution in [3.8, 4) is 0 Å². The van der Waals surface area contributed by atoms with E-state index in [4.69, 9.17) is 23.8 Å². The smallest absolute Gasteiger partial charge is 0.173 e. The van der Waals surface area contributed by atoms with Crippen molar-refractivity contribution in [2.75, 3.05) is 12.4 Å². The average molecular weight is 319 g/mol. The van der Waals surface area contributed by atoms with Gasteiger partial charge in [0.15, 0.2) is 5.11 Å². The highest BCUT2D eigenvalue weighted by atomic mass is 35.5. The summed E-state index contributed by atoms with van der Waals surface area (Å²) in [4.78, 5) is 2.01. The van der Waals surface area contributed by atoms with Crippen LogP contribution >= 0.6 is 23.8 Å². The van der Waals surface area contributed by atoms with Crippen LogP contribution in [-0.2, 0) is 6.54 Å². The SMILES string of the molecule is Cc1ccc(C)c(NC(=S)N(C)Cc2ccc(Cl)cc2)c1. The molecule has 0 aliphatic rings. The normalized spacial score (nSPS) is 10.3. The van der Waals surface area contributed by atoms with Gasteiger partial charge in [0, 0.05) is 24.3 Å². The van der Waals surface area contributed by atoms with Gasteiger partial charge in [-0.2, -0.15) is 0 Å². The maximum Gasteiger partial charge on any atom is 0.173 e. The lowest BCUT2D eigenvalue weighted by molar-refractivity contribution is 0.508. The molecular weight excluding hydrogens is 300 g/mol. The van der Waals surface area contributed by atoms with E-state index in [0.717, 1.165) is 17.3 Å². The largest absolute Gasteiger partial charge is 0.348 e. The summed E-state index contributed by atoms with van der Waals surface area (Å²) in [6, 6.07) is 14.1. The Morgan fingerprint density at radius 2 is 1.81 bits per heavy atom. The van der Waals surface area contributed by atoms with Crippen molar-refractivity contribution in [2.24, 2.45) is 0 Å². The summed E-state index contributed by atoms with van der Waals surface area (Å²) < 4.78 is 0. The van der Waals surface area contributed by atoms with Crippen LogP contribution in [0.4, 0.5) is 5.69 Å². The topological polar surface area (TPSA) is 15.3 Å². The number of aryl methyl sites for hydroxylation is 2. The number of benzene rings is 2. The van der Waals surface area contributed by atoms with Gasteiger partial charge >= 0.3 is 0 Å². The Morgan fingerprint density at radius 1 is 1.14 bits per heavy atom. The minimum atomic E-state index is 0.707. The maximum atomic E-state index is 5.90. The molecule has 0 radical (unpaired) electrons. The molecule has 0 heterocycles. The summed E-state index contributed by atoms with van der Waals surface area (Å²) in [6.45, 7) is 4.89. The number of hydrogen-bond donors (Lipinski definition) is 1. The van der Waals surface area contributed by atoms with E-state index in [1.807, 2.05) is 36.2 Å². The molecule has 0 amide bonds. The molecule has 4 heteroatoms. The molecule has 0 aromatic heterocycles. The van der Waals surface area contributed by atoms with Crippen LogP contribution in [-0.4, -0.2) is 17.1 Å². The Kier molecular flexibility index (Phi) is 5.21. The van der Waals surface area contributed by atoms with Crippen molar-refractivity contribution >= 4 is 34.6 Å². The second-order valence-electron chi connectivity index (χ2n) is 5.23. The third kappa shape index (κ3) is 4.45. The van der Waals surface area contributed by atoms with E-state index < -0.39 is 0 Å². The quantitative estimate of drug-likeness (QED) is 0.819. The van der Waals surface area contributed by atoms with Crippen molar-refractivity contribution in [3.63, 3.8) is 0 Å². The lowest BCUT2D eigenvalue weighted by Crippen LogP contribution is -2.30. The van der Waals surface area contributed by atoms with Crippen LogP contribution in [0, 0.1) is 13.8 Å². The summed E-state index contributed by atoms with van der Waals surface area (Å²) in [6.07, 6.45) is 0. The van der Waals surface area contributed by atoms with Crippen LogP contribution < -0.4 is 5.32 Å². The first-order valence-electron chi connectivity index (χ1n) is 6.79. The zero-order valence-corrected chi connectivity index (χ0v) is 14.1. The Balaban J connectivity index is 2.02. The molecule has 0 unspecified atom stereocenters. The minimum absolute atomic E-state index is 0.707. The number of anilines is 1. The molecule has 0 saturated carbocycles. The standard InChI is InChI=1S/C17H19ClN2S/c1-12-4-5-13(2)16(10-12)19-17(21)20(3)11-14-6-8-15(18)9-7-14/h4-10H,11H2,1-3H3,(H,19,21). The Morgan fingerprint density at radius 3 is 2.48 bits per heavy atom. The average Bonchev–Trinajstić information content (AvgIpc) is 2.45. The highest BCUT2D eigenvalue weighted by Gasteiger charge is 2.07. The Hall–Kier alpha value is -1.58. The van der Waals surface area contributed by atoms with Gasteiger partial charge in [-0.25, -0.2) is 0 Å². The van der Waals surface area contributed by atoms with E-state index in [2.05, 4.69) is 37.4 Å². The second-order valence-corrected chi connectivity index (χ2v) is 6.05. The third-order valence-electron chi connectivity index (χ3n) is 3.31. The first kappa shape index (κ1) is 15.8. The number of nitrogens with zero attached hydrogens (tertiary/aromatic N) is 1. The summed E-state index contributed by atoms with van der Waals surface area (Å²) in [5, 5.41) is 4.77. The van der Waals surface area contributed by atoms with Crippen molar-refractivity contribution in [2.45, 2.75) is 20.4 Å². The van der Waals surface area contributed by atoms with E-state index in [9.17, 15) is 0 Å². The fraction of sp³-hybridized carbons (Fsp3) is 0.235. The predicted octanol–water partition coefficient (Wildman–Crippen LogP) is 4.79. The molecule has 0 atom stereocenters. The first-order chi connectivity index (χ1) is 9.95. The van der Waals surface area contributed by atoms with Gasteiger partial charge < -0.3 is 10.2 Å². The van der Waals surface area contributed by atoms with Gasteiger partial charge in [0.1, 0.15) is 0 Å². The summed E-state index contributed by atoms with van der Waals surface area (Å²) in [7, 11) is 1.98. The number of hydrogen-bond acceptors (Lipinski definition) is 1. The molecule has 0 aliphatic heterocycles. The lowest BCUT2D eigenvalue weighted by Gasteiger charge is -2.22. The van der Waals surface area contributed by atoms with Gasteiger partial charge in [0.05, 0.1) is 0 Å². The van der Waals surface area contributed by atoms with Gasteiger partial charge in [-0.1, -0.05) is 35.9 Å². The van der Waals surface area contributed by atoms with Gasteiger partial charge in [0.25, 0.3) is 0 Å². The predicted molar refractivity (Wildman–Crippen MR) is 95.1 cm³/mol. The second kappa shape index (κ2) is 6.92. The molecule has 0 aliphatic carbocycles. The molecule has 0 spiro atoms. The van der Waals surface area contributed by atoms with Gasteiger partial charge in [-0.15, -0.1) is 0 Å². The molecule has 0 fully saturated rings. The highest BCUT2D eigenvalue weighted by Crippen LogP contribution is 2.17. The number of halogens is 1. The van der Waals surface area contributed by atoms with Crippen LogP contribution in [0.15, 0.2) is 42.5 Å². The zero-order chi connectivity index (χ0) is 15.4. The van der Waals surface area contributed by atoms with Crippen molar-refractivity contribution in [1.82, 2.24) is 4.90 Å². The summed E-state index contributed by atoms with van der Waals surface area (Å²) in [5.41, 5.74) is 4.63. The van der Waals surface area contributed by atoms with E-state index in [-0.39, 0.29) is 0 Å². The van der Waals surface area contributed by atoms with E-state index in [1.54, 1.807) is 0 Å². The fourth-order valence-corrected chi connectivity index (χ4v) is 2.32. The van der Waals surface area contributed by atoms with Crippen molar-refractivity contribution < 1.29 is 0 Å². The van der Waals surface area contributed by atoms with Crippen molar-refractivity contribution in [1.29, 1.82) is 0 Å². The fourth-order valence-electron chi connectivity index (χ4n) is 2.02. The molecular formula is C17H19ClN2S. The van der Waals surface area contributed by atoms with E-state index in [1.165, 1.54) is 16.7 Å².